The fourth-order valence-electron chi connectivity index (χ4n) is 2.73. The normalized spacial score (nSPS) is 18.5. The second-order valence-corrected chi connectivity index (χ2v) is 6.36. The largest absolute Gasteiger partial charge is 0.430 e. The Morgan fingerprint density at radius 2 is 1.59 bits per heavy atom. The summed E-state index contributed by atoms with van der Waals surface area (Å²) in [6, 6.07) is 2.51. The monoisotopic (exact) mass is 397 g/mol. The van der Waals surface area contributed by atoms with E-state index in [1.54, 1.807) is 21.1 Å². The Labute approximate surface area is 150 Å². The fraction of sp³-hybridized carbons (Fsp3) is 0.500. The number of carbonyl (C=O) groups is 1. The van der Waals surface area contributed by atoms with E-state index < -0.39 is 29.6 Å². The van der Waals surface area contributed by atoms with Gasteiger partial charge in [0.1, 0.15) is 6.04 Å². The molecule has 1 amide bonds. The van der Waals surface area contributed by atoms with Crippen molar-refractivity contribution in [3.8, 4) is 0 Å². The summed E-state index contributed by atoms with van der Waals surface area (Å²) in [6.45, 7) is 0. The molecular weight excluding hydrogens is 380 g/mol. The second-order valence-electron chi connectivity index (χ2n) is 6.36. The third-order valence-electron chi connectivity index (χ3n) is 4.30. The molecule has 2 rings (SSSR count). The maximum Gasteiger partial charge on any atom is 0.430 e. The van der Waals surface area contributed by atoms with Crippen LogP contribution in [0.25, 0.3) is 0 Å². The molecule has 0 bridgehead atoms. The molecule has 11 heteroatoms. The average molecular weight is 397 g/mol. The molecule has 5 nitrogen and oxygen atoms in total. The fourth-order valence-corrected chi connectivity index (χ4v) is 2.73. The predicted molar refractivity (Wildman–Crippen MR) is 83.8 cm³/mol. The summed E-state index contributed by atoms with van der Waals surface area (Å²) in [5.74, 6) is -0.239. The highest BCUT2D eigenvalue weighted by Gasteiger charge is 2.71. The summed E-state index contributed by atoms with van der Waals surface area (Å²) >= 11 is 0. The van der Waals surface area contributed by atoms with Crippen LogP contribution in [-0.4, -0.2) is 66.2 Å². The van der Waals surface area contributed by atoms with Crippen molar-refractivity contribution in [2.75, 3.05) is 21.1 Å². The summed E-state index contributed by atoms with van der Waals surface area (Å²) in [5, 5.41) is 14.9. The Hall–Kier alpha value is -2.30. The molecular formula is C16H17F6N3O2. The quantitative estimate of drug-likeness (QED) is 0.798. The van der Waals surface area contributed by atoms with Gasteiger partial charge in [0, 0.05) is 33.1 Å². The lowest BCUT2D eigenvalue weighted by Crippen LogP contribution is -2.53. The van der Waals surface area contributed by atoms with Crippen LogP contribution in [0.3, 0.4) is 0 Å². The van der Waals surface area contributed by atoms with Crippen molar-refractivity contribution >= 4 is 11.6 Å². The molecule has 0 aromatic heterocycles. The molecule has 1 aliphatic heterocycles. The molecule has 27 heavy (non-hydrogen) atoms. The van der Waals surface area contributed by atoms with Gasteiger partial charge in [-0.05, 0) is 5.56 Å². The highest BCUT2D eigenvalue weighted by Crippen LogP contribution is 2.50. The highest BCUT2D eigenvalue weighted by molar-refractivity contribution is 6.04. The van der Waals surface area contributed by atoms with Crippen LogP contribution in [0.1, 0.15) is 17.5 Å². The average Bonchev–Trinajstić information content (AvgIpc) is 2.93. The Morgan fingerprint density at radius 1 is 1.11 bits per heavy atom. The molecule has 1 heterocycles. The lowest BCUT2D eigenvalue weighted by molar-refractivity contribution is -0.376. The van der Waals surface area contributed by atoms with Crippen molar-refractivity contribution in [1.82, 2.24) is 9.91 Å². The van der Waals surface area contributed by atoms with Gasteiger partial charge in [0.15, 0.2) is 0 Å². The number of hydrogen-bond acceptors (Lipinski definition) is 4. The molecule has 0 saturated carbocycles. The minimum absolute atomic E-state index is 0.148. The highest BCUT2D eigenvalue weighted by atomic mass is 19.4. The van der Waals surface area contributed by atoms with Gasteiger partial charge in [-0.25, -0.2) is 0 Å². The van der Waals surface area contributed by atoms with E-state index >= 15 is 0 Å². The van der Waals surface area contributed by atoms with Crippen LogP contribution in [0, 0.1) is 0 Å². The maximum atomic E-state index is 12.9. The van der Waals surface area contributed by atoms with Gasteiger partial charge < -0.3 is 10.0 Å². The molecule has 0 aliphatic carbocycles. The molecule has 1 N–H and O–H groups in total. The van der Waals surface area contributed by atoms with Crippen molar-refractivity contribution in [3.05, 3.63) is 35.4 Å². The first-order chi connectivity index (χ1) is 12.2. The number of nitrogens with zero attached hydrogens (tertiary/aromatic N) is 3. The SMILES string of the molecule is CN(C)C(=O)C1CC(c2ccc(C(O)(C(F)(F)F)C(F)(F)F)cc2)=NN1C. The standard InChI is InChI=1S/C16H17F6N3O2/c1-24(2)13(26)12-8-11(23-25(12)3)9-4-6-10(7-5-9)14(27,15(17,18)19)16(20,21)22/h4-7,12,27H,8H2,1-3H3. The summed E-state index contributed by atoms with van der Waals surface area (Å²) in [4.78, 5) is 13.4. The van der Waals surface area contributed by atoms with Crippen LogP contribution >= 0.6 is 0 Å². The van der Waals surface area contributed by atoms with Crippen molar-refractivity contribution in [3.63, 3.8) is 0 Å². The van der Waals surface area contributed by atoms with Gasteiger partial charge >= 0.3 is 12.4 Å². The number of rotatable bonds is 3. The van der Waals surface area contributed by atoms with E-state index in [0.29, 0.717) is 17.8 Å². The molecule has 0 spiro atoms. The van der Waals surface area contributed by atoms with Gasteiger partial charge in [-0.2, -0.15) is 31.4 Å². The van der Waals surface area contributed by atoms with Gasteiger partial charge in [-0.15, -0.1) is 0 Å². The first kappa shape index (κ1) is 21.0. The van der Waals surface area contributed by atoms with Crippen LogP contribution in [0.5, 0.6) is 0 Å². The van der Waals surface area contributed by atoms with Crippen LogP contribution in [0.15, 0.2) is 29.4 Å². The van der Waals surface area contributed by atoms with E-state index in [0.717, 1.165) is 12.1 Å². The Balaban J connectivity index is 2.33. The van der Waals surface area contributed by atoms with Gasteiger partial charge in [0.05, 0.1) is 5.71 Å². The number of amides is 1. The number of carbonyl (C=O) groups excluding carboxylic acids is 1. The van der Waals surface area contributed by atoms with E-state index in [2.05, 4.69) is 5.10 Å². The molecule has 1 unspecified atom stereocenters. The minimum Gasteiger partial charge on any atom is -0.369 e. The number of halogens is 6. The molecule has 0 saturated heterocycles. The van der Waals surface area contributed by atoms with E-state index in [1.807, 2.05) is 0 Å². The molecule has 1 aliphatic rings. The van der Waals surface area contributed by atoms with Crippen molar-refractivity contribution < 1.29 is 36.2 Å². The van der Waals surface area contributed by atoms with Crippen LogP contribution in [-0.2, 0) is 10.4 Å². The smallest absolute Gasteiger partial charge is 0.369 e. The summed E-state index contributed by atoms with van der Waals surface area (Å²) in [5.41, 5.74) is -5.73. The van der Waals surface area contributed by atoms with Gasteiger partial charge in [-0.1, -0.05) is 24.3 Å². The Morgan fingerprint density at radius 3 is 2.00 bits per heavy atom. The van der Waals surface area contributed by atoms with Crippen LogP contribution in [0.4, 0.5) is 26.3 Å². The number of likely N-dealkylation sites (N-methyl/N-ethyl adjacent to an activating group) is 2. The van der Waals surface area contributed by atoms with Crippen molar-refractivity contribution in [1.29, 1.82) is 0 Å². The minimum atomic E-state index is -5.94. The first-order valence-corrected chi connectivity index (χ1v) is 7.68. The lowest BCUT2D eigenvalue weighted by Gasteiger charge is -2.32. The molecule has 0 radical (unpaired) electrons. The third-order valence-corrected chi connectivity index (χ3v) is 4.30. The zero-order valence-corrected chi connectivity index (χ0v) is 14.6. The summed E-state index contributed by atoms with van der Waals surface area (Å²) in [6.07, 6.45) is -11.7. The van der Waals surface area contributed by atoms with Crippen molar-refractivity contribution in [2.24, 2.45) is 5.10 Å². The van der Waals surface area contributed by atoms with Crippen molar-refractivity contribution in [2.45, 2.75) is 30.4 Å². The molecule has 0 fully saturated rings. The number of aliphatic hydroxyl groups is 1. The second kappa shape index (κ2) is 6.70. The number of hydrazone groups is 1. The number of benzene rings is 1. The summed E-state index contributed by atoms with van der Waals surface area (Å²) in [7, 11) is 4.65. The zero-order chi connectivity index (χ0) is 20.8. The predicted octanol–water partition coefficient (Wildman–Crippen LogP) is 2.50. The molecule has 150 valence electrons. The third kappa shape index (κ3) is 3.60. The number of alkyl halides is 6. The van der Waals surface area contributed by atoms with E-state index in [1.165, 1.54) is 9.91 Å². The maximum absolute atomic E-state index is 12.9. The summed E-state index contributed by atoms with van der Waals surface area (Å²) < 4.78 is 77.5. The number of hydrogen-bond donors (Lipinski definition) is 1. The molecule has 1 aromatic carbocycles. The van der Waals surface area contributed by atoms with Gasteiger partial charge in [-0.3, -0.25) is 9.80 Å². The van der Waals surface area contributed by atoms with Gasteiger partial charge in [0.2, 0.25) is 5.91 Å². The van der Waals surface area contributed by atoms with Gasteiger partial charge in [0.25, 0.3) is 5.60 Å². The topological polar surface area (TPSA) is 56.1 Å². The van der Waals surface area contributed by atoms with E-state index in [9.17, 15) is 36.2 Å². The first-order valence-electron chi connectivity index (χ1n) is 7.68. The lowest BCUT2D eigenvalue weighted by atomic mass is 9.90. The van der Waals surface area contributed by atoms with E-state index in [4.69, 9.17) is 0 Å². The molecule has 1 atom stereocenters. The van der Waals surface area contributed by atoms with Crippen LogP contribution < -0.4 is 0 Å². The molecule has 1 aromatic rings. The van der Waals surface area contributed by atoms with E-state index in [-0.39, 0.29) is 17.9 Å². The Bertz CT molecular complexity index is 726. The Kier molecular flexibility index (Phi) is 5.21. The van der Waals surface area contributed by atoms with Crippen LogP contribution in [0.2, 0.25) is 0 Å². The zero-order valence-electron chi connectivity index (χ0n) is 14.6.